The number of terminal acetylenes is 1. The number of nitrogens with zero attached hydrogens (tertiary/aromatic N) is 4. The zero-order chi connectivity index (χ0) is 22.0. The molecule has 3 heterocycles. The average molecular weight is 418 g/mol. The highest BCUT2D eigenvalue weighted by Gasteiger charge is 2.48. The van der Waals surface area contributed by atoms with Gasteiger partial charge in [-0.25, -0.2) is 4.79 Å². The van der Waals surface area contributed by atoms with Crippen molar-refractivity contribution in [1.82, 2.24) is 9.80 Å². The SMILES string of the molecule is C#CCCC1(CCC(=O)N2CCC3(CC2)CN(CC(=O)OC(C)(C)C)C(=O)O3)N=N1. The molecule has 0 aliphatic carbocycles. The van der Waals surface area contributed by atoms with E-state index in [1.54, 1.807) is 25.7 Å². The highest BCUT2D eigenvalue weighted by atomic mass is 16.6. The second-order valence-electron chi connectivity index (χ2n) is 9.26. The quantitative estimate of drug-likeness (QED) is 0.467. The molecule has 0 aromatic rings. The van der Waals surface area contributed by atoms with Gasteiger partial charge in [0.15, 0.2) is 5.66 Å². The van der Waals surface area contributed by atoms with Crippen LogP contribution in [0.25, 0.3) is 0 Å². The molecule has 0 atom stereocenters. The van der Waals surface area contributed by atoms with Crippen LogP contribution in [0, 0.1) is 12.3 Å². The highest BCUT2D eigenvalue weighted by molar-refractivity contribution is 5.80. The van der Waals surface area contributed by atoms with E-state index in [4.69, 9.17) is 15.9 Å². The molecule has 0 saturated carbocycles. The van der Waals surface area contributed by atoms with Gasteiger partial charge in [0.2, 0.25) is 5.91 Å². The number of esters is 1. The molecule has 2 saturated heterocycles. The van der Waals surface area contributed by atoms with E-state index in [0.29, 0.717) is 58.2 Å². The number of piperidine rings is 1. The second-order valence-corrected chi connectivity index (χ2v) is 9.26. The van der Waals surface area contributed by atoms with Crippen molar-refractivity contribution in [1.29, 1.82) is 0 Å². The first-order valence-corrected chi connectivity index (χ1v) is 10.4. The van der Waals surface area contributed by atoms with E-state index in [9.17, 15) is 14.4 Å². The lowest BCUT2D eigenvalue weighted by Crippen LogP contribution is -2.49. The molecule has 2 fully saturated rings. The molecule has 0 unspecified atom stereocenters. The van der Waals surface area contributed by atoms with Gasteiger partial charge in [-0.15, -0.1) is 12.3 Å². The molecule has 30 heavy (non-hydrogen) atoms. The van der Waals surface area contributed by atoms with Crippen molar-refractivity contribution in [3.63, 3.8) is 0 Å². The van der Waals surface area contributed by atoms with Crippen molar-refractivity contribution in [2.45, 2.75) is 76.2 Å². The van der Waals surface area contributed by atoms with Gasteiger partial charge in [-0.05, 0) is 20.8 Å². The predicted molar refractivity (Wildman–Crippen MR) is 107 cm³/mol. The molecule has 1 spiro atoms. The third-order valence-electron chi connectivity index (χ3n) is 5.60. The summed E-state index contributed by atoms with van der Waals surface area (Å²) in [5, 5.41) is 8.13. The number of carbonyl (C=O) groups is 3. The maximum atomic E-state index is 12.6. The molecule has 0 aromatic carbocycles. The smallest absolute Gasteiger partial charge is 0.411 e. The van der Waals surface area contributed by atoms with Crippen molar-refractivity contribution in [2.75, 3.05) is 26.2 Å². The molecular formula is C21H30N4O5. The summed E-state index contributed by atoms with van der Waals surface area (Å²) >= 11 is 0. The number of carbonyl (C=O) groups excluding carboxylic acids is 3. The van der Waals surface area contributed by atoms with Crippen LogP contribution in [-0.2, 0) is 19.1 Å². The maximum absolute atomic E-state index is 12.6. The lowest BCUT2D eigenvalue weighted by molar-refractivity contribution is -0.155. The van der Waals surface area contributed by atoms with Crippen LogP contribution in [-0.4, -0.2) is 70.8 Å². The Bertz CT molecular complexity index is 765. The van der Waals surface area contributed by atoms with Gasteiger partial charge < -0.3 is 14.4 Å². The van der Waals surface area contributed by atoms with Crippen LogP contribution in [0.4, 0.5) is 4.79 Å². The van der Waals surface area contributed by atoms with Crippen molar-refractivity contribution in [3.8, 4) is 12.3 Å². The first-order valence-electron chi connectivity index (χ1n) is 10.4. The standard InChI is InChI=1S/C21H30N4O5/c1-5-6-8-21(22-23-21)9-7-16(26)24-12-10-20(11-13-24)15-25(18(28)30-20)14-17(27)29-19(2,3)4/h1H,6-15H2,2-4H3. The summed E-state index contributed by atoms with van der Waals surface area (Å²) in [7, 11) is 0. The lowest BCUT2D eigenvalue weighted by atomic mass is 9.91. The van der Waals surface area contributed by atoms with Gasteiger partial charge in [0.05, 0.1) is 6.54 Å². The summed E-state index contributed by atoms with van der Waals surface area (Å²) in [5.41, 5.74) is -1.71. The van der Waals surface area contributed by atoms with Gasteiger partial charge in [0, 0.05) is 51.6 Å². The molecule has 3 rings (SSSR count). The highest BCUT2D eigenvalue weighted by Crippen LogP contribution is 2.38. The number of rotatable bonds is 7. The Morgan fingerprint density at radius 1 is 1.23 bits per heavy atom. The van der Waals surface area contributed by atoms with Crippen molar-refractivity contribution >= 4 is 18.0 Å². The summed E-state index contributed by atoms with van der Waals surface area (Å²) < 4.78 is 10.9. The Kier molecular flexibility index (Phi) is 6.06. The van der Waals surface area contributed by atoms with Crippen molar-refractivity contribution < 1.29 is 23.9 Å². The van der Waals surface area contributed by atoms with E-state index < -0.39 is 28.9 Å². The van der Waals surface area contributed by atoms with E-state index in [1.165, 1.54) is 4.90 Å². The Morgan fingerprint density at radius 2 is 1.90 bits per heavy atom. The Hall–Kier alpha value is -2.63. The molecule has 0 aromatic heterocycles. The molecule has 3 aliphatic rings. The molecule has 0 bridgehead atoms. The van der Waals surface area contributed by atoms with Crippen LogP contribution in [0.2, 0.25) is 0 Å². The largest absolute Gasteiger partial charge is 0.459 e. The minimum Gasteiger partial charge on any atom is -0.459 e. The summed E-state index contributed by atoms with van der Waals surface area (Å²) in [4.78, 5) is 40.1. The van der Waals surface area contributed by atoms with Crippen molar-refractivity contribution in [3.05, 3.63) is 0 Å². The fourth-order valence-corrected chi connectivity index (χ4v) is 3.90. The average Bonchev–Trinajstić information content (AvgIpc) is 3.37. The lowest BCUT2D eigenvalue weighted by Gasteiger charge is -2.37. The van der Waals surface area contributed by atoms with Crippen LogP contribution in [0.15, 0.2) is 10.2 Å². The number of likely N-dealkylation sites (tertiary alicyclic amines) is 1. The van der Waals surface area contributed by atoms with Gasteiger partial charge in [0.25, 0.3) is 0 Å². The molecular weight excluding hydrogens is 388 g/mol. The van der Waals surface area contributed by atoms with E-state index in [2.05, 4.69) is 16.1 Å². The van der Waals surface area contributed by atoms with E-state index in [1.807, 2.05) is 0 Å². The fourth-order valence-electron chi connectivity index (χ4n) is 3.90. The molecule has 0 N–H and O–H groups in total. The molecule has 9 nitrogen and oxygen atoms in total. The second kappa shape index (κ2) is 8.25. The van der Waals surface area contributed by atoms with Crippen LogP contribution < -0.4 is 0 Å². The normalized spacial score (nSPS) is 21.3. The predicted octanol–water partition coefficient (Wildman–Crippen LogP) is 2.50. The topological polar surface area (TPSA) is 101 Å². The zero-order valence-electron chi connectivity index (χ0n) is 18.0. The monoisotopic (exact) mass is 418 g/mol. The summed E-state index contributed by atoms with van der Waals surface area (Å²) in [6.45, 7) is 6.57. The van der Waals surface area contributed by atoms with Crippen LogP contribution >= 0.6 is 0 Å². The summed E-state index contributed by atoms with van der Waals surface area (Å²) in [5.74, 6) is 2.18. The van der Waals surface area contributed by atoms with E-state index >= 15 is 0 Å². The number of hydrogen-bond acceptors (Lipinski definition) is 7. The number of ether oxygens (including phenoxy) is 2. The van der Waals surface area contributed by atoms with Gasteiger partial charge in [-0.2, -0.15) is 10.2 Å². The maximum Gasteiger partial charge on any atom is 0.411 e. The van der Waals surface area contributed by atoms with Gasteiger partial charge in [0.1, 0.15) is 17.7 Å². The molecule has 164 valence electrons. The fraction of sp³-hybridized carbons (Fsp3) is 0.762. The zero-order valence-corrected chi connectivity index (χ0v) is 18.0. The van der Waals surface area contributed by atoms with Crippen LogP contribution in [0.3, 0.4) is 0 Å². The third-order valence-corrected chi connectivity index (χ3v) is 5.60. The molecule has 2 amide bonds. The Morgan fingerprint density at radius 3 is 2.47 bits per heavy atom. The molecule has 3 aliphatic heterocycles. The number of amides is 2. The third kappa shape index (κ3) is 5.49. The first kappa shape index (κ1) is 22.1. The first-order chi connectivity index (χ1) is 14.1. The van der Waals surface area contributed by atoms with Gasteiger partial charge in [-0.1, -0.05) is 0 Å². The van der Waals surface area contributed by atoms with E-state index in [0.717, 1.165) is 0 Å². The molecule has 9 heteroatoms. The Labute approximate surface area is 177 Å². The van der Waals surface area contributed by atoms with E-state index in [-0.39, 0.29) is 12.5 Å². The van der Waals surface area contributed by atoms with Gasteiger partial charge in [-0.3, -0.25) is 14.5 Å². The Balaban J connectivity index is 1.44. The summed E-state index contributed by atoms with van der Waals surface area (Å²) in [6.07, 6.45) is 8.11. The minimum absolute atomic E-state index is 0.0529. The van der Waals surface area contributed by atoms with Crippen LogP contribution in [0.5, 0.6) is 0 Å². The summed E-state index contributed by atoms with van der Waals surface area (Å²) in [6, 6.07) is 0. The van der Waals surface area contributed by atoms with Crippen LogP contribution in [0.1, 0.15) is 59.3 Å². The molecule has 0 radical (unpaired) electrons. The number of hydrogen-bond donors (Lipinski definition) is 0. The van der Waals surface area contributed by atoms with Crippen molar-refractivity contribution in [2.24, 2.45) is 10.2 Å². The van der Waals surface area contributed by atoms with Gasteiger partial charge >= 0.3 is 12.1 Å². The minimum atomic E-state index is -0.648.